The molecule has 0 aliphatic rings. The molecule has 0 aliphatic heterocycles. The Morgan fingerprint density at radius 2 is 1.29 bits per heavy atom. The van der Waals surface area contributed by atoms with Gasteiger partial charge in [0.1, 0.15) is 0 Å². The Kier molecular flexibility index (Phi) is 6.49. The van der Waals surface area contributed by atoms with Crippen LogP contribution in [0.2, 0.25) is 0 Å². The maximum Gasteiger partial charge on any atom is 0.0325 e. The zero-order chi connectivity index (χ0) is 14.9. The van der Waals surface area contributed by atoms with Crippen LogP contribution in [0, 0.1) is 0 Å². The topological polar surface area (TPSA) is 12.0 Å². The lowest BCUT2D eigenvalue weighted by molar-refractivity contribution is 0.406. The largest absolute Gasteiger partial charge is 0.303 e. The number of rotatable bonds is 8. The van der Waals surface area contributed by atoms with Gasteiger partial charge in [-0.25, -0.2) is 0 Å². The minimum absolute atomic E-state index is 0.424. The fourth-order valence-corrected chi connectivity index (χ4v) is 2.82. The summed E-state index contributed by atoms with van der Waals surface area (Å²) in [5.74, 6) is 0. The van der Waals surface area contributed by atoms with Gasteiger partial charge in [0.2, 0.25) is 0 Å². The summed E-state index contributed by atoms with van der Waals surface area (Å²) in [5, 5.41) is 3.87. The van der Waals surface area contributed by atoms with Gasteiger partial charge < -0.3 is 5.32 Å². The highest BCUT2D eigenvalue weighted by molar-refractivity contribution is 5.22. The van der Waals surface area contributed by atoms with Crippen molar-refractivity contribution in [3.8, 4) is 0 Å². The fraction of sp³-hybridized carbons (Fsp3) is 0.400. The summed E-state index contributed by atoms with van der Waals surface area (Å²) in [6.07, 6.45) is 4.81. The summed E-state index contributed by atoms with van der Waals surface area (Å²) in [6, 6.07) is 22.5. The van der Waals surface area contributed by atoms with Crippen LogP contribution in [-0.4, -0.2) is 0 Å². The van der Waals surface area contributed by atoms with Gasteiger partial charge in [-0.05, 0) is 24.0 Å². The Labute approximate surface area is 129 Å². The lowest BCUT2D eigenvalue weighted by atomic mass is 9.97. The lowest BCUT2D eigenvalue weighted by Gasteiger charge is -2.26. The van der Waals surface area contributed by atoms with Crippen molar-refractivity contribution in [2.45, 2.75) is 51.6 Å². The number of nitrogens with one attached hydrogen (secondary N) is 1. The van der Waals surface area contributed by atoms with Gasteiger partial charge in [-0.15, -0.1) is 0 Å². The van der Waals surface area contributed by atoms with Gasteiger partial charge in [-0.2, -0.15) is 0 Å². The van der Waals surface area contributed by atoms with E-state index in [2.05, 4.69) is 79.8 Å². The molecule has 0 amide bonds. The number of hydrogen-bond acceptors (Lipinski definition) is 1. The van der Waals surface area contributed by atoms with E-state index < -0.39 is 0 Å². The van der Waals surface area contributed by atoms with Gasteiger partial charge >= 0.3 is 0 Å². The smallest absolute Gasteiger partial charge is 0.0325 e. The minimum atomic E-state index is 0.424. The summed E-state index contributed by atoms with van der Waals surface area (Å²) in [7, 11) is 0. The quantitative estimate of drug-likeness (QED) is 0.658. The molecule has 0 heterocycles. The average molecular weight is 281 g/mol. The van der Waals surface area contributed by atoms with E-state index in [4.69, 9.17) is 0 Å². The van der Waals surface area contributed by atoms with E-state index in [1.165, 1.54) is 30.4 Å². The molecule has 112 valence electrons. The first-order valence-electron chi connectivity index (χ1n) is 8.21. The first kappa shape index (κ1) is 15.8. The Balaban J connectivity index is 2.13. The molecular formula is C20H27N. The van der Waals surface area contributed by atoms with E-state index in [0.29, 0.717) is 12.1 Å². The number of hydrogen-bond donors (Lipinski definition) is 1. The van der Waals surface area contributed by atoms with E-state index in [1.54, 1.807) is 0 Å². The SMILES string of the molecule is CCCC[C@@H](N[C@@H](CC)c1ccccc1)c1ccccc1. The Bertz CT molecular complexity index is 492. The van der Waals surface area contributed by atoms with E-state index in [1.807, 2.05) is 0 Å². The molecule has 0 fully saturated rings. The van der Waals surface area contributed by atoms with E-state index in [9.17, 15) is 0 Å². The number of unbranched alkanes of at least 4 members (excludes halogenated alkanes) is 1. The van der Waals surface area contributed by atoms with Crippen molar-refractivity contribution < 1.29 is 0 Å². The number of benzene rings is 2. The second kappa shape index (κ2) is 8.63. The van der Waals surface area contributed by atoms with Crippen molar-refractivity contribution >= 4 is 0 Å². The molecule has 21 heavy (non-hydrogen) atoms. The van der Waals surface area contributed by atoms with Gasteiger partial charge in [0, 0.05) is 12.1 Å². The Morgan fingerprint density at radius 3 is 1.76 bits per heavy atom. The first-order valence-corrected chi connectivity index (χ1v) is 8.21. The van der Waals surface area contributed by atoms with Crippen LogP contribution in [0.4, 0.5) is 0 Å². The molecule has 0 saturated heterocycles. The van der Waals surface area contributed by atoms with Crippen molar-refractivity contribution in [2.75, 3.05) is 0 Å². The highest BCUT2D eigenvalue weighted by atomic mass is 14.9. The Hall–Kier alpha value is -1.60. The lowest BCUT2D eigenvalue weighted by Crippen LogP contribution is -2.26. The van der Waals surface area contributed by atoms with Crippen LogP contribution in [0.15, 0.2) is 60.7 Å². The van der Waals surface area contributed by atoms with Crippen molar-refractivity contribution in [1.29, 1.82) is 0 Å². The third kappa shape index (κ3) is 4.71. The fourth-order valence-electron chi connectivity index (χ4n) is 2.82. The summed E-state index contributed by atoms with van der Waals surface area (Å²) in [5.41, 5.74) is 2.79. The monoisotopic (exact) mass is 281 g/mol. The highest BCUT2D eigenvalue weighted by Crippen LogP contribution is 2.25. The zero-order valence-electron chi connectivity index (χ0n) is 13.3. The summed E-state index contributed by atoms with van der Waals surface area (Å²) in [6.45, 7) is 4.52. The molecular weight excluding hydrogens is 254 g/mol. The molecule has 0 spiro atoms. The molecule has 1 heteroatoms. The van der Waals surface area contributed by atoms with Crippen LogP contribution < -0.4 is 5.32 Å². The average Bonchev–Trinajstić information content (AvgIpc) is 2.57. The van der Waals surface area contributed by atoms with Crippen molar-refractivity contribution in [2.24, 2.45) is 0 Å². The molecule has 0 aromatic heterocycles. The van der Waals surface area contributed by atoms with Gasteiger partial charge in [0.25, 0.3) is 0 Å². The van der Waals surface area contributed by atoms with Gasteiger partial charge in [-0.3, -0.25) is 0 Å². The summed E-state index contributed by atoms with van der Waals surface area (Å²) in [4.78, 5) is 0. The second-order valence-electron chi connectivity index (χ2n) is 5.64. The van der Waals surface area contributed by atoms with Gasteiger partial charge in [0.15, 0.2) is 0 Å². The maximum atomic E-state index is 3.87. The molecule has 0 radical (unpaired) electrons. The van der Waals surface area contributed by atoms with E-state index in [0.717, 1.165) is 6.42 Å². The minimum Gasteiger partial charge on any atom is -0.303 e. The van der Waals surface area contributed by atoms with Gasteiger partial charge in [0.05, 0.1) is 0 Å². The molecule has 1 N–H and O–H groups in total. The molecule has 0 bridgehead atoms. The summed E-state index contributed by atoms with van der Waals surface area (Å²) >= 11 is 0. The van der Waals surface area contributed by atoms with Gasteiger partial charge in [-0.1, -0.05) is 87.4 Å². The normalized spacial score (nSPS) is 13.8. The van der Waals surface area contributed by atoms with Crippen molar-refractivity contribution in [3.05, 3.63) is 71.8 Å². The van der Waals surface area contributed by atoms with E-state index >= 15 is 0 Å². The maximum absolute atomic E-state index is 3.87. The molecule has 1 nitrogen and oxygen atoms in total. The molecule has 2 atom stereocenters. The third-order valence-electron chi connectivity index (χ3n) is 4.06. The molecule has 0 aliphatic carbocycles. The van der Waals surface area contributed by atoms with Crippen LogP contribution in [0.3, 0.4) is 0 Å². The predicted molar refractivity (Wildman–Crippen MR) is 91.3 cm³/mol. The molecule has 2 aromatic rings. The predicted octanol–water partition coefficient (Wildman–Crippen LogP) is 5.66. The third-order valence-corrected chi connectivity index (χ3v) is 4.06. The van der Waals surface area contributed by atoms with Crippen LogP contribution in [0.5, 0.6) is 0 Å². The Morgan fingerprint density at radius 1 is 0.762 bits per heavy atom. The standard InChI is InChI=1S/C20H27N/c1-3-5-16-20(18-14-10-7-11-15-18)21-19(4-2)17-12-8-6-9-13-17/h6-15,19-21H,3-5,16H2,1-2H3/t19-,20+/m0/s1. The van der Waals surface area contributed by atoms with Crippen LogP contribution >= 0.6 is 0 Å². The molecule has 2 aromatic carbocycles. The highest BCUT2D eigenvalue weighted by Gasteiger charge is 2.16. The molecule has 0 saturated carbocycles. The first-order chi connectivity index (χ1) is 10.3. The van der Waals surface area contributed by atoms with Crippen molar-refractivity contribution in [1.82, 2.24) is 5.32 Å². The molecule has 0 unspecified atom stereocenters. The summed E-state index contributed by atoms with van der Waals surface area (Å²) < 4.78 is 0. The molecule has 2 rings (SSSR count). The zero-order valence-corrected chi connectivity index (χ0v) is 13.3. The van der Waals surface area contributed by atoms with Crippen LogP contribution in [0.25, 0.3) is 0 Å². The second-order valence-corrected chi connectivity index (χ2v) is 5.64. The van der Waals surface area contributed by atoms with Crippen molar-refractivity contribution in [3.63, 3.8) is 0 Å². The van der Waals surface area contributed by atoms with E-state index in [-0.39, 0.29) is 0 Å². The van der Waals surface area contributed by atoms with Crippen LogP contribution in [-0.2, 0) is 0 Å². The van der Waals surface area contributed by atoms with Crippen LogP contribution in [0.1, 0.15) is 62.7 Å².